The molecule has 1 atom stereocenters. The van der Waals surface area contributed by atoms with Crippen LogP contribution in [0.2, 0.25) is 0 Å². The second-order valence-electron chi connectivity index (χ2n) is 7.38. The normalized spacial score (nSPS) is 18.2. The van der Waals surface area contributed by atoms with Crippen LogP contribution in [0.5, 0.6) is 5.88 Å². The zero-order valence-corrected chi connectivity index (χ0v) is 15.9. The van der Waals surface area contributed by atoms with Gasteiger partial charge in [0.15, 0.2) is 0 Å². The van der Waals surface area contributed by atoms with E-state index in [9.17, 15) is 0 Å². The van der Waals surface area contributed by atoms with Crippen molar-refractivity contribution in [3.8, 4) is 17.0 Å². The third-order valence-corrected chi connectivity index (χ3v) is 5.22. The Balaban J connectivity index is 1.62. The van der Waals surface area contributed by atoms with Crippen LogP contribution in [0.3, 0.4) is 0 Å². The summed E-state index contributed by atoms with van der Waals surface area (Å²) in [6.07, 6.45) is 5.84. The summed E-state index contributed by atoms with van der Waals surface area (Å²) in [5, 5.41) is 4.87. The standard InChI is InChI=1S/C23H27N3O/c1-25-15-9-8-14-21(16-25)26-17-22(20-12-6-3-7-13-20)23(24-26)27-18-19-10-4-2-5-11-19/h2-7,10-13,17,21H,8-9,14-16,18H2,1H3. The minimum Gasteiger partial charge on any atom is -0.471 e. The van der Waals surface area contributed by atoms with Gasteiger partial charge in [0, 0.05) is 12.7 Å². The predicted octanol–water partition coefficient (Wildman–Crippen LogP) is 4.79. The van der Waals surface area contributed by atoms with Crippen molar-refractivity contribution in [3.05, 3.63) is 72.4 Å². The van der Waals surface area contributed by atoms with Crippen molar-refractivity contribution in [2.24, 2.45) is 0 Å². The molecule has 1 saturated heterocycles. The summed E-state index contributed by atoms with van der Waals surface area (Å²) < 4.78 is 8.29. The lowest BCUT2D eigenvalue weighted by Gasteiger charge is -2.20. The fraction of sp³-hybridized carbons (Fsp3) is 0.348. The molecule has 2 aromatic carbocycles. The molecule has 1 aliphatic rings. The van der Waals surface area contributed by atoms with Crippen LogP contribution < -0.4 is 4.74 Å². The number of hydrogen-bond donors (Lipinski definition) is 0. The van der Waals surface area contributed by atoms with Crippen LogP contribution >= 0.6 is 0 Å². The highest BCUT2D eigenvalue weighted by molar-refractivity contribution is 5.67. The zero-order valence-electron chi connectivity index (χ0n) is 15.9. The van der Waals surface area contributed by atoms with Crippen molar-refractivity contribution in [3.63, 3.8) is 0 Å². The van der Waals surface area contributed by atoms with Gasteiger partial charge < -0.3 is 9.64 Å². The summed E-state index contributed by atoms with van der Waals surface area (Å²) in [5.74, 6) is 0.719. The fourth-order valence-corrected chi connectivity index (χ4v) is 3.73. The Hall–Kier alpha value is -2.59. The molecule has 0 radical (unpaired) electrons. The summed E-state index contributed by atoms with van der Waals surface area (Å²) >= 11 is 0. The van der Waals surface area contributed by atoms with Gasteiger partial charge in [-0.25, -0.2) is 0 Å². The Morgan fingerprint density at radius 1 is 1.00 bits per heavy atom. The molecule has 1 unspecified atom stereocenters. The molecule has 1 aromatic heterocycles. The third kappa shape index (κ3) is 4.40. The van der Waals surface area contributed by atoms with E-state index in [4.69, 9.17) is 9.84 Å². The third-order valence-electron chi connectivity index (χ3n) is 5.22. The number of benzene rings is 2. The van der Waals surface area contributed by atoms with Crippen LogP contribution in [0.1, 0.15) is 30.9 Å². The van der Waals surface area contributed by atoms with E-state index in [0.717, 1.165) is 29.1 Å². The number of ether oxygens (including phenoxy) is 1. The van der Waals surface area contributed by atoms with Crippen LogP contribution in [-0.2, 0) is 6.61 Å². The van der Waals surface area contributed by atoms with Crippen molar-refractivity contribution in [1.29, 1.82) is 0 Å². The highest BCUT2D eigenvalue weighted by atomic mass is 16.5. The largest absolute Gasteiger partial charge is 0.471 e. The maximum Gasteiger partial charge on any atom is 0.241 e. The lowest BCUT2D eigenvalue weighted by molar-refractivity contribution is 0.267. The molecule has 0 spiro atoms. The van der Waals surface area contributed by atoms with Gasteiger partial charge in [0.25, 0.3) is 0 Å². The Labute approximate surface area is 161 Å². The van der Waals surface area contributed by atoms with E-state index in [1.54, 1.807) is 0 Å². The molecular weight excluding hydrogens is 334 g/mol. The number of hydrogen-bond acceptors (Lipinski definition) is 3. The van der Waals surface area contributed by atoms with E-state index in [1.165, 1.54) is 25.8 Å². The Morgan fingerprint density at radius 2 is 1.74 bits per heavy atom. The molecule has 140 valence electrons. The molecule has 0 N–H and O–H groups in total. The maximum absolute atomic E-state index is 6.16. The minimum atomic E-state index is 0.397. The smallest absolute Gasteiger partial charge is 0.241 e. The maximum atomic E-state index is 6.16. The first-order chi connectivity index (χ1) is 13.3. The van der Waals surface area contributed by atoms with Gasteiger partial charge in [-0.2, -0.15) is 0 Å². The first-order valence-corrected chi connectivity index (χ1v) is 9.79. The molecule has 0 aliphatic carbocycles. The van der Waals surface area contributed by atoms with Crippen molar-refractivity contribution in [1.82, 2.24) is 14.7 Å². The molecule has 1 aliphatic heterocycles. The summed E-state index contributed by atoms with van der Waals surface area (Å²) in [6, 6.07) is 21.1. The van der Waals surface area contributed by atoms with E-state index in [-0.39, 0.29) is 0 Å². The molecule has 0 bridgehead atoms. The number of aromatic nitrogens is 2. The van der Waals surface area contributed by atoms with Crippen LogP contribution in [0.25, 0.3) is 11.1 Å². The van der Waals surface area contributed by atoms with Crippen LogP contribution in [0, 0.1) is 0 Å². The highest BCUT2D eigenvalue weighted by Gasteiger charge is 2.21. The number of likely N-dealkylation sites (tertiary alicyclic amines) is 1. The van der Waals surface area contributed by atoms with Gasteiger partial charge in [-0.1, -0.05) is 67.1 Å². The van der Waals surface area contributed by atoms with E-state index >= 15 is 0 Å². The summed E-state index contributed by atoms with van der Waals surface area (Å²) in [4.78, 5) is 2.41. The number of rotatable bonds is 5. The number of likely N-dealkylation sites (N-methyl/N-ethyl adjacent to an activating group) is 1. The SMILES string of the molecule is CN1CCCCC(n2cc(-c3ccccc3)c(OCc3ccccc3)n2)C1. The lowest BCUT2D eigenvalue weighted by Crippen LogP contribution is -2.26. The first kappa shape index (κ1) is 17.8. The van der Waals surface area contributed by atoms with Gasteiger partial charge in [-0.3, -0.25) is 4.68 Å². The molecule has 0 saturated carbocycles. The lowest BCUT2D eigenvalue weighted by atomic mass is 10.1. The molecule has 1 fully saturated rings. The van der Waals surface area contributed by atoms with Crippen LogP contribution in [-0.4, -0.2) is 34.8 Å². The molecular formula is C23H27N3O. The monoisotopic (exact) mass is 361 g/mol. The predicted molar refractivity (Wildman–Crippen MR) is 109 cm³/mol. The van der Waals surface area contributed by atoms with Crippen molar-refractivity contribution in [2.75, 3.05) is 20.1 Å². The van der Waals surface area contributed by atoms with E-state index in [1.807, 2.05) is 24.3 Å². The average molecular weight is 361 g/mol. The van der Waals surface area contributed by atoms with Gasteiger partial charge in [-0.05, 0) is 37.6 Å². The Kier molecular flexibility index (Phi) is 5.54. The van der Waals surface area contributed by atoms with Gasteiger partial charge in [0.2, 0.25) is 5.88 Å². The van der Waals surface area contributed by atoms with Gasteiger partial charge >= 0.3 is 0 Å². The molecule has 27 heavy (non-hydrogen) atoms. The van der Waals surface area contributed by atoms with Crippen molar-refractivity contribution >= 4 is 0 Å². The molecule has 4 heteroatoms. The Bertz CT molecular complexity index is 845. The summed E-state index contributed by atoms with van der Waals surface area (Å²) in [7, 11) is 2.20. The second kappa shape index (κ2) is 8.40. The number of nitrogens with zero attached hydrogens (tertiary/aromatic N) is 3. The van der Waals surface area contributed by atoms with Gasteiger partial charge in [0.1, 0.15) is 6.61 Å². The molecule has 4 rings (SSSR count). The van der Waals surface area contributed by atoms with Crippen LogP contribution in [0.15, 0.2) is 66.9 Å². The quantitative estimate of drug-likeness (QED) is 0.655. The first-order valence-electron chi connectivity index (χ1n) is 9.79. The molecule has 3 aromatic rings. The molecule has 0 amide bonds. The van der Waals surface area contributed by atoms with Crippen molar-refractivity contribution < 1.29 is 4.74 Å². The van der Waals surface area contributed by atoms with E-state index in [0.29, 0.717) is 12.6 Å². The van der Waals surface area contributed by atoms with E-state index in [2.05, 4.69) is 59.2 Å². The van der Waals surface area contributed by atoms with Gasteiger partial charge in [0.05, 0.1) is 11.6 Å². The second-order valence-corrected chi connectivity index (χ2v) is 7.38. The average Bonchev–Trinajstić information content (AvgIpc) is 3.02. The Morgan fingerprint density at radius 3 is 2.52 bits per heavy atom. The summed E-state index contributed by atoms with van der Waals surface area (Å²) in [5.41, 5.74) is 3.37. The van der Waals surface area contributed by atoms with E-state index < -0.39 is 0 Å². The fourth-order valence-electron chi connectivity index (χ4n) is 3.73. The molecule has 4 nitrogen and oxygen atoms in total. The zero-order chi connectivity index (χ0) is 18.5. The van der Waals surface area contributed by atoms with Crippen LogP contribution in [0.4, 0.5) is 0 Å². The summed E-state index contributed by atoms with van der Waals surface area (Å²) in [6.45, 7) is 2.73. The van der Waals surface area contributed by atoms with Gasteiger partial charge in [-0.15, -0.1) is 5.10 Å². The highest BCUT2D eigenvalue weighted by Crippen LogP contribution is 2.32. The topological polar surface area (TPSA) is 30.3 Å². The minimum absolute atomic E-state index is 0.397. The van der Waals surface area contributed by atoms with Crippen molar-refractivity contribution in [2.45, 2.75) is 31.9 Å². The molecule has 2 heterocycles.